The second-order valence-corrected chi connectivity index (χ2v) is 5.54. The Morgan fingerprint density at radius 1 is 1.00 bits per heavy atom. The summed E-state index contributed by atoms with van der Waals surface area (Å²) in [5.41, 5.74) is 1.87. The van der Waals surface area contributed by atoms with E-state index in [9.17, 15) is 8.42 Å². The topological polar surface area (TPSA) is 73.1 Å². The van der Waals surface area contributed by atoms with Crippen molar-refractivity contribution in [2.75, 3.05) is 0 Å². The molecule has 18 heavy (non-hydrogen) atoms. The molecule has 0 amide bonds. The molecule has 0 unspecified atom stereocenters. The molecule has 5 heteroatoms. The summed E-state index contributed by atoms with van der Waals surface area (Å²) in [6, 6.07) is 10.7. The van der Waals surface area contributed by atoms with Gasteiger partial charge in [0.15, 0.2) is 0 Å². The molecule has 2 N–H and O–H groups in total. The van der Waals surface area contributed by atoms with Crippen molar-refractivity contribution in [3.63, 3.8) is 0 Å². The van der Waals surface area contributed by atoms with Crippen molar-refractivity contribution in [3.8, 4) is 0 Å². The van der Waals surface area contributed by atoms with E-state index in [0.29, 0.717) is 6.42 Å². The summed E-state index contributed by atoms with van der Waals surface area (Å²) in [4.78, 5) is 4.15. The molecular formula is C13H14N2O2S. The van der Waals surface area contributed by atoms with Crippen molar-refractivity contribution < 1.29 is 8.42 Å². The molecule has 0 radical (unpaired) electrons. The fraction of sp³-hybridized carbons (Fsp3) is 0.154. The Bertz CT molecular complexity index is 624. The largest absolute Gasteiger partial charge is 0.265 e. The monoisotopic (exact) mass is 262 g/mol. The third kappa shape index (κ3) is 3.15. The molecule has 0 spiro atoms. The lowest BCUT2D eigenvalue weighted by molar-refractivity contribution is 0.596. The van der Waals surface area contributed by atoms with Crippen LogP contribution in [0.3, 0.4) is 0 Å². The van der Waals surface area contributed by atoms with Crippen LogP contribution in [-0.2, 0) is 22.9 Å². The summed E-state index contributed by atoms with van der Waals surface area (Å²) >= 11 is 0. The molecular weight excluding hydrogens is 248 g/mol. The highest BCUT2D eigenvalue weighted by Gasteiger charge is 2.12. The Hall–Kier alpha value is -1.72. The molecule has 2 aromatic rings. The van der Waals surface area contributed by atoms with Gasteiger partial charge in [0.05, 0.1) is 4.90 Å². The van der Waals surface area contributed by atoms with Crippen LogP contribution < -0.4 is 5.14 Å². The van der Waals surface area contributed by atoms with Crippen LogP contribution in [0.15, 0.2) is 53.7 Å². The predicted octanol–water partition coefficient (Wildman–Crippen LogP) is 1.51. The Morgan fingerprint density at radius 3 is 2.33 bits per heavy atom. The molecule has 1 heterocycles. The zero-order valence-electron chi connectivity index (χ0n) is 9.78. The van der Waals surface area contributed by atoms with Crippen LogP contribution in [0.25, 0.3) is 0 Å². The van der Waals surface area contributed by atoms with Gasteiger partial charge in [-0.05, 0) is 42.2 Å². The van der Waals surface area contributed by atoms with Crippen molar-refractivity contribution in [3.05, 3.63) is 59.9 Å². The van der Waals surface area contributed by atoms with Gasteiger partial charge in [0.25, 0.3) is 0 Å². The van der Waals surface area contributed by atoms with Crippen LogP contribution >= 0.6 is 0 Å². The number of hydrogen-bond acceptors (Lipinski definition) is 3. The van der Waals surface area contributed by atoms with E-state index >= 15 is 0 Å². The molecule has 0 aliphatic heterocycles. The quantitative estimate of drug-likeness (QED) is 0.907. The number of benzene rings is 1. The summed E-state index contributed by atoms with van der Waals surface area (Å²) in [7, 11) is -3.65. The van der Waals surface area contributed by atoms with Crippen molar-refractivity contribution in [2.45, 2.75) is 17.7 Å². The molecule has 94 valence electrons. The fourth-order valence-corrected chi connectivity index (χ4v) is 2.62. The van der Waals surface area contributed by atoms with Gasteiger partial charge in [-0.3, -0.25) is 4.98 Å². The van der Waals surface area contributed by atoms with Gasteiger partial charge in [-0.25, -0.2) is 13.6 Å². The highest BCUT2D eigenvalue weighted by molar-refractivity contribution is 7.89. The number of aryl methyl sites for hydroxylation is 2. The smallest absolute Gasteiger partial charge is 0.238 e. The Morgan fingerprint density at radius 2 is 1.67 bits per heavy atom. The number of sulfonamides is 1. The maximum atomic E-state index is 11.4. The van der Waals surface area contributed by atoms with E-state index in [0.717, 1.165) is 17.5 Å². The average molecular weight is 262 g/mol. The van der Waals surface area contributed by atoms with Crippen LogP contribution in [0.5, 0.6) is 0 Å². The number of hydrogen-bond donors (Lipinski definition) is 1. The zero-order chi connectivity index (χ0) is 13.0. The van der Waals surface area contributed by atoms with Crippen LogP contribution in [0.1, 0.15) is 11.1 Å². The number of nitrogens with zero attached hydrogens (tertiary/aromatic N) is 1. The van der Waals surface area contributed by atoms with Crippen molar-refractivity contribution in [2.24, 2.45) is 5.14 Å². The van der Waals surface area contributed by atoms with E-state index in [-0.39, 0.29) is 4.90 Å². The van der Waals surface area contributed by atoms with E-state index in [1.807, 2.05) is 18.2 Å². The minimum atomic E-state index is -3.65. The second kappa shape index (κ2) is 5.29. The SMILES string of the molecule is NS(=O)(=O)c1ccccc1CCc1ccncc1. The van der Waals surface area contributed by atoms with Gasteiger partial charge in [0.1, 0.15) is 0 Å². The molecule has 0 aliphatic carbocycles. The molecule has 4 nitrogen and oxygen atoms in total. The van der Waals surface area contributed by atoms with Crippen LogP contribution in [0, 0.1) is 0 Å². The normalized spacial score (nSPS) is 11.4. The summed E-state index contributed by atoms with van der Waals surface area (Å²) in [5, 5.41) is 5.19. The summed E-state index contributed by atoms with van der Waals surface area (Å²) in [5.74, 6) is 0. The average Bonchev–Trinajstić information content (AvgIpc) is 2.37. The van der Waals surface area contributed by atoms with Gasteiger partial charge in [-0.15, -0.1) is 0 Å². The minimum Gasteiger partial charge on any atom is -0.265 e. The van der Waals surface area contributed by atoms with E-state index < -0.39 is 10.0 Å². The summed E-state index contributed by atoms with van der Waals surface area (Å²) < 4.78 is 22.9. The highest BCUT2D eigenvalue weighted by Crippen LogP contribution is 2.16. The fourth-order valence-electron chi connectivity index (χ4n) is 1.82. The van der Waals surface area contributed by atoms with E-state index in [2.05, 4.69) is 4.98 Å². The minimum absolute atomic E-state index is 0.207. The molecule has 0 atom stereocenters. The maximum Gasteiger partial charge on any atom is 0.238 e. The lowest BCUT2D eigenvalue weighted by atomic mass is 10.1. The number of nitrogens with two attached hydrogens (primary N) is 1. The maximum absolute atomic E-state index is 11.4. The van der Waals surface area contributed by atoms with Crippen molar-refractivity contribution in [1.82, 2.24) is 4.98 Å². The third-order valence-electron chi connectivity index (χ3n) is 2.71. The number of primary sulfonamides is 1. The molecule has 0 saturated carbocycles. The van der Waals surface area contributed by atoms with Crippen molar-refractivity contribution >= 4 is 10.0 Å². The number of rotatable bonds is 4. The van der Waals surface area contributed by atoms with Crippen molar-refractivity contribution in [1.29, 1.82) is 0 Å². The van der Waals surface area contributed by atoms with Gasteiger partial charge >= 0.3 is 0 Å². The van der Waals surface area contributed by atoms with Crippen LogP contribution in [-0.4, -0.2) is 13.4 Å². The highest BCUT2D eigenvalue weighted by atomic mass is 32.2. The lowest BCUT2D eigenvalue weighted by Crippen LogP contribution is -2.14. The van der Waals surface area contributed by atoms with Gasteiger partial charge in [-0.2, -0.15) is 0 Å². The first-order chi connectivity index (χ1) is 8.57. The van der Waals surface area contributed by atoms with Crippen LogP contribution in [0.4, 0.5) is 0 Å². The summed E-state index contributed by atoms with van der Waals surface area (Å²) in [6.07, 6.45) is 4.84. The first-order valence-electron chi connectivity index (χ1n) is 5.57. The van der Waals surface area contributed by atoms with Gasteiger partial charge in [-0.1, -0.05) is 18.2 Å². The summed E-state index contributed by atoms with van der Waals surface area (Å²) in [6.45, 7) is 0. The Balaban J connectivity index is 2.20. The van der Waals surface area contributed by atoms with Crippen LogP contribution in [0.2, 0.25) is 0 Å². The zero-order valence-corrected chi connectivity index (χ0v) is 10.6. The molecule has 0 saturated heterocycles. The van der Waals surface area contributed by atoms with Gasteiger partial charge < -0.3 is 0 Å². The molecule has 0 bridgehead atoms. The first kappa shape index (κ1) is 12.7. The molecule has 1 aromatic heterocycles. The predicted molar refractivity (Wildman–Crippen MR) is 69.5 cm³/mol. The number of pyridine rings is 1. The van der Waals surface area contributed by atoms with Gasteiger partial charge in [0, 0.05) is 12.4 Å². The van der Waals surface area contributed by atoms with E-state index in [1.54, 1.807) is 24.5 Å². The molecule has 0 aliphatic rings. The molecule has 0 fully saturated rings. The lowest BCUT2D eigenvalue weighted by Gasteiger charge is -2.07. The number of aromatic nitrogens is 1. The van der Waals surface area contributed by atoms with E-state index in [1.165, 1.54) is 6.07 Å². The second-order valence-electron chi connectivity index (χ2n) is 4.01. The van der Waals surface area contributed by atoms with Gasteiger partial charge in [0.2, 0.25) is 10.0 Å². The first-order valence-corrected chi connectivity index (χ1v) is 7.11. The Kier molecular flexibility index (Phi) is 3.74. The molecule has 2 rings (SSSR count). The Labute approximate surface area is 107 Å². The standard InChI is InChI=1S/C13H14N2O2S/c14-18(16,17)13-4-2-1-3-12(13)6-5-11-7-9-15-10-8-11/h1-4,7-10H,5-6H2,(H2,14,16,17). The van der Waals surface area contributed by atoms with E-state index in [4.69, 9.17) is 5.14 Å². The third-order valence-corrected chi connectivity index (χ3v) is 3.72. The molecule has 1 aromatic carbocycles.